The molecule has 4 saturated carbocycles. The molecule has 0 aliphatic heterocycles. The Morgan fingerprint density at radius 3 is 2.26 bits per heavy atom. The Morgan fingerprint density at radius 1 is 0.839 bits per heavy atom. The lowest BCUT2D eigenvalue weighted by Gasteiger charge is -2.62. The van der Waals surface area contributed by atoms with Crippen molar-refractivity contribution >= 4 is 0 Å². The summed E-state index contributed by atoms with van der Waals surface area (Å²) in [6.07, 6.45) is 9.39. The average molecular weight is 437 g/mol. The Balaban J connectivity index is 1.52. The minimum atomic E-state index is -0.287. The highest BCUT2D eigenvalue weighted by atomic mass is 16.3. The van der Waals surface area contributed by atoms with Crippen LogP contribution in [-0.2, 0) is 0 Å². The highest BCUT2D eigenvalue weighted by Gasteiger charge is 2.64. The summed E-state index contributed by atoms with van der Waals surface area (Å²) in [5.74, 6) is 2.82. The van der Waals surface area contributed by atoms with E-state index in [0.29, 0.717) is 41.4 Å². The fourth-order valence-corrected chi connectivity index (χ4v) is 9.34. The lowest BCUT2D eigenvalue weighted by molar-refractivity contribution is -0.174. The first kappa shape index (κ1) is 24.0. The maximum Gasteiger partial charge on any atom is 0.0579 e. The van der Waals surface area contributed by atoms with Crippen LogP contribution in [0, 0.1) is 52.3 Å². The Morgan fingerprint density at radius 2 is 1.55 bits per heavy atom. The molecule has 0 aromatic rings. The quantitative estimate of drug-likeness (QED) is 0.498. The maximum atomic E-state index is 11.4. The Kier molecular flexibility index (Phi) is 6.88. The van der Waals surface area contributed by atoms with Gasteiger partial charge in [-0.3, -0.25) is 0 Å². The monoisotopic (exact) mass is 436 g/mol. The van der Waals surface area contributed by atoms with Crippen molar-refractivity contribution in [1.29, 1.82) is 0 Å². The summed E-state index contributed by atoms with van der Waals surface area (Å²) in [5.41, 5.74) is 0.348. The van der Waals surface area contributed by atoms with Crippen LogP contribution in [-0.4, -0.2) is 45.3 Å². The average Bonchev–Trinajstić information content (AvgIpc) is 2.99. The van der Waals surface area contributed by atoms with Crippen LogP contribution in [0.2, 0.25) is 0 Å². The fourth-order valence-electron chi connectivity index (χ4n) is 9.34. The van der Waals surface area contributed by atoms with Crippen molar-refractivity contribution in [2.45, 2.75) is 110 Å². The highest BCUT2D eigenvalue weighted by molar-refractivity contribution is 5.13. The van der Waals surface area contributed by atoms with Gasteiger partial charge in [0.05, 0.1) is 18.3 Å². The Bertz CT molecular complexity index is 624. The van der Waals surface area contributed by atoms with E-state index in [0.717, 1.165) is 64.2 Å². The second kappa shape index (κ2) is 8.89. The number of hydrogen-bond acceptors (Lipinski definition) is 4. The summed E-state index contributed by atoms with van der Waals surface area (Å²) >= 11 is 0. The molecule has 0 unspecified atom stereocenters. The molecule has 4 aliphatic rings. The SMILES string of the molecule is C[C@H](CO)CCC[C@@H](C)[C@H]1[C@H](O)C[C@H]2[C@@H]3[C@H](O)C[C@H]4C[C@H](O)CC[C@]4(C)[C@@H]3CC[C@]12C. The number of hydrogen-bond donors (Lipinski definition) is 4. The van der Waals surface area contributed by atoms with E-state index >= 15 is 0 Å². The van der Waals surface area contributed by atoms with Crippen LogP contribution in [0.15, 0.2) is 0 Å². The summed E-state index contributed by atoms with van der Waals surface area (Å²) in [6, 6.07) is 0. The topological polar surface area (TPSA) is 80.9 Å². The third kappa shape index (κ3) is 4.02. The molecule has 180 valence electrons. The van der Waals surface area contributed by atoms with E-state index in [1.54, 1.807) is 0 Å². The molecule has 4 nitrogen and oxygen atoms in total. The van der Waals surface area contributed by atoms with Crippen molar-refractivity contribution in [1.82, 2.24) is 0 Å². The van der Waals surface area contributed by atoms with Gasteiger partial charge in [0.15, 0.2) is 0 Å². The van der Waals surface area contributed by atoms with E-state index in [9.17, 15) is 20.4 Å². The molecule has 0 saturated heterocycles. The first-order chi connectivity index (χ1) is 14.6. The van der Waals surface area contributed by atoms with Crippen LogP contribution < -0.4 is 0 Å². The van der Waals surface area contributed by atoms with Crippen LogP contribution >= 0.6 is 0 Å². The van der Waals surface area contributed by atoms with Crippen molar-refractivity contribution in [3.8, 4) is 0 Å². The zero-order chi connectivity index (χ0) is 22.6. The molecule has 31 heavy (non-hydrogen) atoms. The van der Waals surface area contributed by atoms with Crippen LogP contribution in [0.3, 0.4) is 0 Å². The van der Waals surface area contributed by atoms with Crippen LogP contribution in [0.4, 0.5) is 0 Å². The van der Waals surface area contributed by atoms with Gasteiger partial charge < -0.3 is 20.4 Å². The van der Waals surface area contributed by atoms with E-state index in [1.165, 1.54) is 0 Å². The van der Waals surface area contributed by atoms with Gasteiger partial charge in [0.25, 0.3) is 0 Å². The van der Waals surface area contributed by atoms with Crippen LogP contribution in [0.5, 0.6) is 0 Å². The van der Waals surface area contributed by atoms with E-state index in [1.807, 2.05) is 0 Å². The standard InChI is InChI=1S/C27H48O4/c1-16(15-28)6-5-7-17(2)25-23(31)14-21-24-20(9-11-27(21,25)4)26(3)10-8-19(29)12-18(26)13-22(24)30/h16-25,28-31H,5-15H2,1-4H3/t16-,17+,18+,19+,20+,21-,22+,23+,24+,25-,26-,27-/m0/s1. The van der Waals surface area contributed by atoms with Gasteiger partial charge in [-0.2, -0.15) is 0 Å². The van der Waals surface area contributed by atoms with Gasteiger partial charge in [-0.05, 0) is 104 Å². The van der Waals surface area contributed by atoms with E-state index in [4.69, 9.17) is 0 Å². The third-order valence-corrected chi connectivity index (χ3v) is 11.0. The van der Waals surface area contributed by atoms with Crippen molar-refractivity contribution < 1.29 is 20.4 Å². The van der Waals surface area contributed by atoms with E-state index in [2.05, 4.69) is 27.7 Å². The summed E-state index contributed by atoms with van der Waals surface area (Å²) in [4.78, 5) is 0. The third-order valence-electron chi connectivity index (χ3n) is 11.0. The van der Waals surface area contributed by atoms with E-state index < -0.39 is 0 Å². The second-order valence-electron chi connectivity index (χ2n) is 12.8. The zero-order valence-corrected chi connectivity index (χ0v) is 20.3. The Hall–Kier alpha value is -0.160. The first-order valence-corrected chi connectivity index (χ1v) is 13.3. The molecule has 4 rings (SSSR count). The fraction of sp³-hybridized carbons (Fsp3) is 1.00. The van der Waals surface area contributed by atoms with Gasteiger partial charge in [0, 0.05) is 6.61 Å². The zero-order valence-electron chi connectivity index (χ0n) is 20.3. The molecule has 0 radical (unpaired) electrons. The van der Waals surface area contributed by atoms with Gasteiger partial charge in [0.1, 0.15) is 0 Å². The minimum Gasteiger partial charge on any atom is -0.396 e. The van der Waals surface area contributed by atoms with Crippen molar-refractivity contribution in [2.24, 2.45) is 52.3 Å². The summed E-state index contributed by atoms with van der Waals surface area (Å²) in [7, 11) is 0. The number of fused-ring (bicyclic) bond motifs is 5. The van der Waals surface area contributed by atoms with E-state index in [-0.39, 0.29) is 35.7 Å². The molecule has 4 aliphatic carbocycles. The summed E-state index contributed by atoms with van der Waals surface area (Å²) in [6.45, 7) is 9.57. The minimum absolute atomic E-state index is 0.112. The Labute approximate surface area is 189 Å². The molecule has 4 heteroatoms. The van der Waals surface area contributed by atoms with Crippen molar-refractivity contribution in [3.63, 3.8) is 0 Å². The normalized spacial score (nSPS) is 51.5. The smallest absolute Gasteiger partial charge is 0.0579 e. The summed E-state index contributed by atoms with van der Waals surface area (Å²) < 4.78 is 0. The molecular weight excluding hydrogens is 388 g/mol. The van der Waals surface area contributed by atoms with Gasteiger partial charge in [-0.1, -0.05) is 40.5 Å². The molecule has 0 aromatic carbocycles. The molecule has 12 atom stereocenters. The largest absolute Gasteiger partial charge is 0.396 e. The first-order valence-electron chi connectivity index (χ1n) is 13.3. The van der Waals surface area contributed by atoms with Gasteiger partial charge in [-0.15, -0.1) is 0 Å². The lowest BCUT2D eigenvalue weighted by Crippen LogP contribution is -2.58. The molecule has 4 N–H and O–H groups in total. The predicted octanol–water partition coefficient (Wildman–Crippen LogP) is 4.38. The molecule has 0 aromatic heterocycles. The summed E-state index contributed by atoms with van der Waals surface area (Å²) in [5, 5.41) is 42.2. The predicted molar refractivity (Wildman–Crippen MR) is 123 cm³/mol. The van der Waals surface area contributed by atoms with Crippen molar-refractivity contribution in [2.75, 3.05) is 6.61 Å². The van der Waals surface area contributed by atoms with Crippen LogP contribution in [0.1, 0.15) is 91.9 Å². The molecule has 0 heterocycles. The molecule has 4 fully saturated rings. The van der Waals surface area contributed by atoms with Gasteiger partial charge >= 0.3 is 0 Å². The molecular formula is C27H48O4. The van der Waals surface area contributed by atoms with Crippen molar-refractivity contribution in [3.05, 3.63) is 0 Å². The second-order valence-corrected chi connectivity index (χ2v) is 12.8. The lowest BCUT2D eigenvalue weighted by atomic mass is 9.43. The van der Waals surface area contributed by atoms with Gasteiger partial charge in [-0.25, -0.2) is 0 Å². The van der Waals surface area contributed by atoms with Gasteiger partial charge in [0.2, 0.25) is 0 Å². The highest BCUT2D eigenvalue weighted by Crippen LogP contribution is 2.68. The molecule has 0 spiro atoms. The maximum absolute atomic E-state index is 11.4. The number of aliphatic hydroxyl groups excluding tert-OH is 4. The number of aliphatic hydroxyl groups is 4. The van der Waals surface area contributed by atoms with Crippen LogP contribution in [0.25, 0.3) is 0 Å². The molecule has 0 amide bonds. The number of rotatable bonds is 6. The molecule has 0 bridgehead atoms.